The van der Waals surface area contributed by atoms with Gasteiger partial charge in [-0.1, -0.05) is 17.3 Å². The summed E-state index contributed by atoms with van der Waals surface area (Å²) in [5.41, 5.74) is 1.50. The standard InChI is InChI=1S/C19H25N5O2/c1-26-16-6-4-14(5-7-16)18(13-2-3-13)21-19(25)17-12-24(23-22-17)15-8-10-20-11-9-15/h4-7,12-13,15,18,20H,2-3,8-11H2,1H3,(H,21,25). The van der Waals surface area contributed by atoms with Crippen LogP contribution in [0, 0.1) is 5.92 Å². The van der Waals surface area contributed by atoms with Crippen LogP contribution in [-0.2, 0) is 0 Å². The molecule has 1 aromatic carbocycles. The molecule has 1 unspecified atom stereocenters. The van der Waals surface area contributed by atoms with Crippen molar-refractivity contribution in [2.75, 3.05) is 20.2 Å². The summed E-state index contributed by atoms with van der Waals surface area (Å²) >= 11 is 0. The highest BCUT2D eigenvalue weighted by Gasteiger charge is 2.34. The maximum atomic E-state index is 12.7. The molecule has 1 aliphatic carbocycles. The van der Waals surface area contributed by atoms with E-state index in [0.717, 1.165) is 50.1 Å². The van der Waals surface area contributed by atoms with Crippen LogP contribution in [0.5, 0.6) is 5.75 Å². The smallest absolute Gasteiger partial charge is 0.273 e. The Balaban J connectivity index is 1.45. The summed E-state index contributed by atoms with van der Waals surface area (Å²) in [4.78, 5) is 12.7. The minimum atomic E-state index is -0.155. The lowest BCUT2D eigenvalue weighted by molar-refractivity contribution is 0.0926. The zero-order valence-corrected chi connectivity index (χ0v) is 15.0. The van der Waals surface area contributed by atoms with Crippen molar-refractivity contribution < 1.29 is 9.53 Å². The van der Waals surface area contributed by atoms with Crippen LogP contribution in [-0.4, -0.2) is 41.1 Å². The summed E-state index contributed by atoms with van der Waals surface area (Å²) in [6, 6.07) is 8.25. The normalized spacial score (nSPS) is 19.1. The van der Waals surface area contributed by atoms with Crippen molar-refractivity contribution in [3.63, 3.8) is 0 Å². The van der Waals surface area contributed by atoms with Crippen molar-refractivity contribution in [2.24, 2.45) is 5.92 Å². The van der Waals surface area contributed by atoms with E-state index in [4.69, 9.17) is 4.74 Å². The maximum Gasteiger partial charge on any atom is 0.273 e. The van der Waals surface area contributed by atoms with E-state index in [2.05, 4.69) is 20.9 Å². The Morgan fingerprint density at radius 2 is 1.96 bits per heavy atom. The Morgan fingerprint density at radius 1 is 1.23 bits per heavy atom. The van der Waals surface area contributed by atoms with Crippen LogP contribution in [0.4, 0.5) is 0 Å². The molecule has 2 aromatic rings. The van der Waals surface area contributed by atoms with E-state index in [0.29, 0.717) is 17.7 Å². The van der Waals surface area contributed by atoms with Crippen molar-refractivity contribution in [1.82, 2.24) is 25.6 Å². The number of hydrogen-bond acceptors (Lipinski definition) is 5. The predicted octanol–water partition coefficient (Wildman–Crippen LogP) is 2.09. The van der Waals surface area contributed by atoms with Crippen molar-refractivity contribution in [2.45, 2.75) is 37.8 Å². The molecule has 2 N–H and O–H groups in total. The van der Waals surface area contributed by atoms with Crippen LogP contribution < -0.4 is 15.4 Å². The Morgan fingerprint density at radius 3 is 2.62 bits per heavy atom. The number of benzene rings is 1. The maximum absolute atomic E-state index is 12.7. The zero-order chi connectivity index (χ0) is 17.9. The number of piperidine rings is 1. The second-order valence-electron chi connectivity index (χ2n) is 7.13. The lowest BCUT2D eigenvalue weighted by Crippen LogP contribution is -2.30. The van der Waals surface area contributed by atoms with Gasteiger partial charge in [0.2, 0.25) is 0 Å². The molecular weight excluding hydrogens is 330 g/mol. The van der Waals surface area contributed by atoms with Gasteiger partial charge in [0.25, 0.3) is 5.91 Å². The number of ether oxygens (including phenoxy) is 1. The van der Waals surface area contributed by atoms with Gasteiger partial charge in [-0.2, -0.15) is 0 Å². The molecule has 1 aromatic heterocycles. The first kappa shape index (κ1) is 17.0. The van der Waals surface area contributed by atoms with E-state index in [1.807, 2.05) is 28.9 Å². The molecule has 0 bridgehead atoms. The third kappa shape index (κ3) is 3.72. The first-order valence-corrected chi connectivity index (χ1v) is 9.32. The SMILES string of the molecule is COc1ccc(C(NC(=O)c2cn(C3CCNCC3)nn2)C2CC2)cc1. The fourth-order valence-electron chi connectivity index (χ4n) is 3.56. The molecule has 1 atom stereocenters. The number of rotatable bonds is 6. The number of carbonyl (C=O) groups is 1. The predicted molar refractivity (Wildman–Crippen MR) is 97.1 cm³/mol. The minimum Gasteiger partial charge on any atom is -0.497 e. The van der Waals surface area contributed by atoms with Gasteiger partial charge in [-0.25, -0.2) is 4.68 Å². The lowest BCUT2D eigenvalue weighted by Gasteiger charge is -2.22. The van der Waals surface area contributed by atoms with E-state index >= 15 is 0 Å². The van der Waals surface area contributed by atoms with Crippen LogP contribution in [0.2, 0.25) is 0 Å². The Labute approximate surface area is 153 Å². The first-order valence-electron chi connectivity index (χ1n) is 9.32. The average Bonchev–Trinajstić information content (AvgIpc) is 3.42. The van der Waals surface area contributed by atoms with Crippen LogP contribution >= 0.6 is 0 Å². The zero-order valence-electron chi connectivity index (χ0n) is 15.0. The topological polar surface area (TPSA) is 81.1 Å². The molecule has 1 aliphatic heterocycles. The lowest BCUT2D eigenvalue weighted by atomic mass is 10.0. The number of methoxy groups -OCH3 is 1. The van der Waals surface area contributed by atoms with E-state index in [9.17, 15) is 4.79 Å². The summed E-state index contributed by atoms with van der Waals surface area (Å²) in [5, 5.41) is 14.8. The molecular formula is C19H25N5O2. The van der Waals surface area contributed by atoms with Crippen LogP contribution in [0.1, 0.15) is 53.8 Å². The fraction of sp³-hybridized carbons (Fsp3) is 0.526. The Bertz CT molecular complexity index is 748. The summed E-state index contributed by atoms with van der Waals surface area (Å²) in [6.45, 7) is 1.96. The molecule has 7 heteroatoms. The monoisotopic (exact) mass is 355 g/mol. The summed E-state index contributed by atoms with van der Waals surface area (Å²) in [6.07, 6.45) is 6.09. The van der Waals surface area contributed by atoms with Crippen molar-refractivity contribution >= 4 is 5.91 Å². The number of carbonyl (C=O) groups excluding carboxylic acids is 1. The Kier molecular flexibility index (Phi) is 4.88. The molecule has 0 spiro atoms. The molecule has 2 fully saturated rings. The van der Waals surface area contributed by atoms with Gasteiger partial charge in [0, 0.05) is 0 Å². The van der Waals surface area contributed by atoms with Gasteiger partial charge in [-0.05, 0) is 62.4 Å². The van der Waals surface area contributed by atoms with Crippen LogP contribution in [0.15, 0.2) is 30.5 Å². The van der Waals surface area contributed by atoms with E-state index in [-0.39, 0.29) is 11.9 Å². The van der Waals surface area contributed by atoms with Crippen LogP contribution in [0.25, 0.3) is 0 Å². The highest BCUT2D eigenvalue weighted by molar-refractivity contribution is 5.92. The van der Waals surface area contributed by atoms with Gasteiger partial charge in [-0.3, -0.25) is 4.79 Å². The van der Waals surface area contributed by atoms with Gasteiger partial charge in [0.1, 0.15) is 5.75 Å². The molecule has 1 amide bonds. The van der Waals surface area contributed by atoms with Crippen molar-refractivity contribution in [3.05, 3.63) is 41.7 Å². The van der Waals surface area contributed by atoms with E-state index in [1.54, 1.807) is 13.3 Å². The molecule has 4 rings (SSSR count). The number of aromatic nitrogens is 3. The first-order chi connectivity index (χ1) is 12.7. The van der Waals surface area contributed by atoms with E-state index < -0.39 is 0 Å². The molecule has 138 valence electrons. The third-order valence-corrected chi connectivity index (χ3v) is 5.28. The Hall–Kier alpha value is -2.41. The van der Waals surface area contributed by atoms with Crippen molar-refractivity contribution in [3.8, 4) is 5.75 Å². The molecule has 7 nitrogen and oxygen atoms in total. The fourth-order valence-corrected chi connectivity index (χ4v) is 3.56. The second-order valence-corrected chi connectivity index (χ2v) is 7.13. The van der Waals surface area contributed by atoms with E-state index in [1.165, 1.54) is 0 Å². The molecule has 1 saturated carbocycles. The van der Waals surface area contributed by atoms with Gasteiger partial charge >= 0.3 is 0 Å². The van der Waals surface area contributed by atoms with Gasteiger partial charge < -0.3 is 15.4 Å². The number of hydrogen-bond donors (Lipinski definition) is 2. The number of nitrogens with one attached hydrogen (secondary N) is 2. The quantitative estimate of drug-likeness (QED) is 0.829. The van der Waals surface area contributed by atoms with Gasteiger partial charge in [0.15, 0.2) is 5.69 Å². The molecule has 2 heterocycles. The highest BCUT2D eigenvalue weighted by Crippen LogP contribution is 2.41. The third-order valence-electron chi connectivity index (χ3n) is 5.28. The summed E-state index contributed by atoms with van der Waals surface area (Å²) in [5.74, 6) is 1.16. The highest BCUT2D eigenvalue weighted by atomic mass is 16.5. The van der Waals surface area contributed by atoms with Crippen LogP contribution in [0.3, 0.4) is 0 Å². The summed E-state index contributed by atoms with van der Waals surface area (Å²) < 4.78 is 7.07. The second kappa shape index (κ2) is 7.45. The largest absolute Gasteiger partial charge is 0.497 e. The van der Waals surface area contributed by atoms with Gasteiger partial charge in [0.05, 0.1) is 25.4 Å². The molecule has 1 saturated heterocycles. The minimum absolute atomic E-state index is 0.0115. The molecule has 0 radical (unpaired) electrons. The van der Waals surface area contributed by atoms with Crippen molar-refractivity contribution in [1.29, 1.82) is 0 Å². The summed E-state index contributed by atoms with van der Waals surface area (Å²) in [7, 11) is 1.65. The number of amides is 1. The average molecular weight is 355 g/mol. The van der Waals surface area contributed by atoms with Gasteiger partial charge in [-0.15, -0.1) is 5.10 Å². The molecule has 26 heavy (non-hydrogen) atoms. The number of nitrogens with zero attached hydrogens (tertiary/aromatic N) is 3. The molecule has 2 aliphatic rings.